The molecular weight excluding hydrogens is 541 g/mol. The van der Waals surface area contributed by atoms with Crippen molar-refractivity contribution in [3.63, 3.8) is 0 Å². The Hall–Kier alpha value is -5.45. The minimum absolute atomic E-state index is 0.0148. The third-order valence-electron chi connectivity index (χ3n) is 6.92. The Morgan fingerprint density at radius 1 is 1.00 bits per heavy atom. The van der Waals surface area contributed by atoms with Crippen LogP contribution in [0.3, 0.4) is 0 Å². The van der Waals surface area contributed by atoms with Gasteiger partial charge in [-0.25, -0.2) is 9.07 Å². The van der Waals surface area contributed by atoms with Gasteiger partial charge in [-0.15, -0.1) is 5.10 Å². The maximum absolute atomic E-state index is 14.1. The van der Waals surface area contributed by atoms with Gasteiger partial charge in [0, 0.05) is 12.2 Å². The number of methoxy groups -OCH3 is 1. The van der Waals surface area contributed by atoms with Gasteiger partial charge in [0.2, 0.25) is 12.7 Å². The van der Waals surface area contributed by atoms with E-state index < -0.39 is 23.7 Å². The Morgan fingerprint density at radius 2 is 1.76 bits per heavy atom. The molecule has 42 heavy (non-hydrogen) atoms. The highest BCUT2D eigenvalue weighted by Gasteiger charge is 2.33. The van der Waals surface area contributed by atoms with Crippen LogP contribution in [0.5, 0.6) is 17.2 Å². The first-order valence-corrected chi connectivity index (χ1v) is 13.1. The Kier molecular flexibility index (Phi) is 7.37. The smallest absolute Gasteiger partial charge is 0.251 e. The number of halogens is 1. The normalized spacial score (nSPS) is 12.6. The highest BCUT2D eigenvalue weighted by atomic mass is 19.1. The molecule has 1 aromatic heterocycles. The van der Waals surface area contributed by atoms with Gasteiger partial charge in [0.25, 0.3) is 5.91 Å². The molecule has 0 fully saturated rings. The van der Waals surface area contributed by atoms with Crippen molar-refractivity contribution in [2.45, 2.75) is 19.1 Å². The number of hydrogen-bond donors (Lipinski definition) is 1. The van der Waals surface area contributed by atoms with Gasteiger partial charge in [0.1, 0.15) is 29.7 Å². The first-order chi connectivity index (χ1) is 20.5. The number of nitrogens with zero attached hydrogens (tertiary/aromatic N) is 4. The third-order valence-corrected chi connectivity index (χ3v) is 6.92. The van der Waals surface area contributed by atoms with Crippen molar-refractivity contribution >= 4 is 28.5 Å². The summed E-state index contributed by atoms with van der Waals surface area (Å²) in [6, 6.07) is 24.0. The summed E-state index contributed by atoms with van der Waals surface area (Å²) in [5.74, 6) is 0.369. The number of benzene rings is 4. The summed E-state index contributed by atoms with van der Waals surface area (Å²) in [7, 11) is 1.56. The second-order valence-electron chi connectivity index (χ2n) is 9.62. The van der Waals surface area contributed by atoms with Crippen LogP contribution in [-0.4, -0.2) is 45.6 Å². The average Bonchev–Trinajstić information content (AvgIpc) is 3.65. The molecule has 1 N–H and O–H groups in total. The van der Waals surface area contributed by atoms with Gasteiger partial charge in [-0.05, 0) is 71.8 Å². The van der Waals surface area contributed by atoms with Crippen molar-refractivity contribution in [3.05, 3.63) is 108 Å². The van der Waals surface area contributed by atoms with Crippen LogP contribution in [0.25, 0.3) is 11.0 Å². The molecule has 1 aliphatic heterocycles. The van der Waals surface area contributed by atoms with Crippen LogP contribution < -0.4 is 19.5 Å². The first kappa shape index (κ1) is 26.8. The van der Waals surface area contributed by atoms with E-state index in [0.717, 1.165) is 0 Å². The summed E-state index contributed by atoms with van der Waals surface area (Å²) in [6.07, 6.45) is 0. The predicted octanol–water partition coefficient (Wildman–Crippen LogP) is 4.72. The van der Waals surface area contributed by atoms with E-state index in [9.17, 15) is 14.0 Å². The van der Waals surface area contributed by atoms with Gasteiger partial charge >= 0.3 is 0 Å². The number of anilines is 1. The van der Waals surface area contributed by atoms with Crippen LogP contribution in [0.2, 0.25) is 0 Å². The zero-order valence-electron chi connectivity index (χ0n) is 22.6. The van der Waals surface area contributed by atoms with Crippen LogP contribution in [0, 0.1) is 5.82 Å². The van der Waals surface area contributed by atoms with Crippen molar-refractivity contribution in [2.24, 2.45) is 0 Å². The van der Waals surface area contributed by atoms with Crippen molar-refractivity contribution in [3.8, 4) is 17.2 Å². The highest BCUT2D eigenvalue weighted by molar-refractivity contribution is 5.98. The third kappa shape index (κ3) is 5.57. The lowest BCUT2D eigenvalue weighted by molar-refractivity contribution is -0.140. The molecule has 11 heteroatoms. The van der Waals surface area contributed by atoms with Crippen LogP contribution in [0.15, 0.2) is 91.0 Å². The number of ether oxygens (including phenoxy) is 3. The molecule has 2 heterocycles. The number of nitrogens with one attached hydrogen (secondary N) is 1. The fourth-order valence-corrected chi connectivity index (χ4v) is 4.80. The molecule has 6 rings (SSSR count). The molecule has 0 spiro atoms. The summed E-state index contributed by atoms with van der Waals surface area (Å²) < 4.78 is 31.5. The predicted molar refractivity (Wildman–Crippen MR) is 151 cm³/mol. The standard InChI is InChI=1S/C31H26FN5O5/c1-40-24-13-11-23(12-14-24)33-31(39)30(21-8-15-27-28(16-21)42-19-41-27)36(17-20-6-9-22(32)10-7-20)29(38)18-37-26-5-3-2-4-25(26)34-35-37/h2-16,30H,17-19H2,1H3,(H,33,39). The first-order valence-electron chi connectivity index (χ1n) is 13.1. The number of fused-ring (bicyclic) bond motifs is 2. The SMILES string of the molecule is COc1ccc(NC(=O)C(c2ccc3c(c2)OCO3)N(Cc2ccc(F)cc2)C(=O)Cn2nnc3ccccc32)cc1. The molecule has 0 bridgehead atoms. The van der Waals surface area contributed by atoms with Crippen molar-refractivity contribution in [1.29, 1.82) is 0 Å². The molecule has 1 unspecified atom stereocenters. The van der Waals surface area contributed by atoms with E-state index in [1.807, 2.05) is 18.2 Å². The van der Waals surface area contributed by atoms with Crippen molar-refractivity contribution < 1.29 is 28.2 Å². The lowest BCUT2D eigenvalue weighted by Gasteiger charge is -2.32. The second kappa shape index (κ2) is 11.6. The van der Waals surface area contributed by atoms with Crippen LogP contribution in [0.4, 0.5) is 10.1 Å². The van der Waals surface area contributed by atoms with Crippen LogP contribution in [-0.2, 0) is 22.7 Å². The number of carbonyl (C=O) groups excluding carboxylic acids is 2. The van der Waals surface area contributed by atoms with Gasteiger partial charge < -0.3 is 24.4 Å². The number of hydrogen-bond acceptors (Lipinski definition) is 7. The second-order valence-corrected chi connectivity index (χ2v) is 9.62. The lowest BCUT2D eigenvalue weighted by Crippen LogP contribution is -2.42. The monoisotopic (exact) mass is 567 g/mol. The largest absolute Gasteiger partial charge is 0.497 e. The molecule has 10 nitrogen and oxygen atoms in total. The van der Waals surface area contributed by atoms with E-state index in [1.165, 1.54) is 21.7 Å². The van der Waals surface area contributed by atoms with Gasteiger partial charge in [0.15, 0.2) is 11.5 Å². The molecule has 1 atom stereocenters. The Balaban J connectivity index is 1.40. The quantitative estimate of drug-likeness (QED) is 0.275. The van der Waals surface area contributed by atoms with E-state index in [0.29, 0.717) is 45.1 Å². The Morgan fingerprint density at radius 3 is 2.55 bits per heavy atom. The van der Waals surface area contributed by atoms with E-state index in [1.54, 1.807) is 67.8 Å². The van der Waals surface area contributed by atoms with Crippen LogP contribution >= 0.6 is 0 Å². The Labute approximate surface area is 240 Å². The van der Waals surface area contributed by atoms with Crippen molar-refractivity contribution in [1.82, 2.24) is 19.9 Å². The van der Waals surface area contributed by atoms with Crippen molar-refractivity contribution in [2.75, 3.05) is 19.2 Å². The van der Waals surface area contributed by atoms with Crippen LogP contribution in [0.1, 0.15) is 17.2 Å². The zero-order chi connectivity index (χ0) is 29.1. The van der Waals surface area contributed by atoms with E-state index in [-0.39, 0.29) is 19.9 Å². The van der Waals surface area contributed by atoms with E-state index >= 15 is 0 Å². The maximum atomic E-state index is 14.1. The van der Waals surface area contributed by atoms with E-state index in [2.05, 4.69) is 15.6 Å². The molecule has 2 amide bonds. The number of rotatable bonds is 9. The van der Waals surface area contributed by atoms with Gasteiger partial charge in [-0.2, -0.15) is 0 Å². The summed E-state index contributed by atoms with van der Waals surface area (Å²) in [5, 5.41) is 11.2. The minimum atomic E-state index is -1.10. The molecule has 0 aliphatic carbocycles. The number of amides is 2. The molecule has 0 saturated carbocycles. The fraction of sp³-hybridized carbons (Fsp3) is 0.161. The zero-order valence-corrected chi connectivity index (χ0v) is 22.6. The molecule has 212 valence electrons. The fourth-order valence-electron chi connectivity index (χ4n) is 4.80. The Bertz CT molecular complexity index is 1740. The maximum Gasteiger partial charge on any atom is 0.251 e. The minimum Gasteiger partial charge on any atom is -0.497 e. The average molecular weight is 568 g/mol. The van der Waals surface area contributed by atoms with Gasteiger partial charge in [-0.3, -0.25) is 9.59 Å². The molecule has 0 radical (unpaired) electrons. The summed E-state index contributed by atoms with van der Waals surface area (Å²) in [5.41, 5.74) is 2.97. The topological polar surface area (TPSA) is 108 Å². The van der Waals surface area contributed by atoms with Gasteiger partial charge in [0.05, 0.1) is 12.6 Å². The summed E-state index contributed by atoms with van der Waals surface area (Å²) in [6.45, 7) is -0.113. The molecule has 1 aliphatic rings. The summed E-state index contributed by atoms with van der Waals surface area (Å²) >= 11 is 0. The highest BCUT2D eigenvalue weighted by Crippen LogP contribution is 2.36. The molecule has 4 aromatic carbocycles. The lowest BCUT2D eigenvalue weighted by atomic mass is 10.0. The number of carbonyl (C=O) groups is 2. The molecular formula is C31H26FN5O5. The summed E-state index contributed by atoms with van der Waals surface area (Å²) in [4.78, 5) is 29.6. The van der Waals surface area contributed by atoms with Gasteiger partial charge in [-0.1, -0.05) is 35.5 Å². The number of para-hydroxylation sites is 1. The number of aromatic nitrogens is 3. The molecule has 0 saturated heterocycles. The molecule has 5 aromatic rings. The van der Waals surface area contributed by atoms with E-state index in [4.69, 9.17) is 14.2 Å².